The van der Waals surface area contributed by atoms with Crippen molar-refractivity contribution in [3.05, 3.63) is 16.7 Å². The zero-order valence-electron chi connectivity index (χ0n) is 19.5. The van der Waals surface area contributed by atoms with Gasteiger partial charge in [0.05, 0.1) is 12.9 Å². The number of nitrogen functional groups attached to an aromatic ring is 1. The molecule has 11 atom stereocenters. The number of aromatic nitrogens is 4. The molecule has 2 fully saturated rings. The summed E-state index contributed by atoms with van der Waals surface area (Å²) in [7, 11) is -11.3. The van der Waals surface area contributed by atoms with Gasteiger partial charge in [0.25, 0.3) is 5.56 Å². The number of nitrogens with two attached hydrogens (primary N) is 1. The van der Waals surface area contributed by atoms with Crippen molar-refractivity contribution in [2.75, 3.05) is 12.3 Å². The summed E-state index contributed by atoms with van der Waals surface area (Å²) in [5.74, 6) is -2.14. The summed E-state index contributed by atoms with van der Waals surface area (Å²) in [6.45, 7) is -1.05. The Hall–Kier alpha value is -2.40. The van der Waals surface area contributed by atoms with E-state index in [0.29, 0.717) is 0 Å². The molecular weight excluding hydrogens is 596 g/mol. The van der Waals surface area contributed by atoms with Crippen LogP contribution >= 0.6 is 15.6 Å². The number of nitrogens with one attached hydrogen (secondary N) is 1. The third-order valence-electron chi connectivity index (χ3n) is 5.73. The van der Waals surface area contributed by atoms with Crippen LogP contribution in [0.3, 0.4) is 0 Å². The van der Waals surface area contributed by atoms with Gasteiger partial charge in [0.2, 0.25) is 5.95 Å². The normalized spacial score (nSPS) is 35.8. The number of hydrogen-bond donors (Lipinski definition) is 10. The number of imidazole rings is 1. The third kappa shape index (κ3) is 6.10. The number of phosphoric ester groups is 2. The summed E-state index contributed by atoms with van der Waals surface area (Å²) in [5.41, 5.74) is 4.47. The van der Waals surface area contributed by atoms with E-state index < -0.39 is 89.0 Å². The van der Waals surface area contributed by atoms with Crippen LogP contribution in [0.1, 0.15) is 6.23 Å². The molecule has 0 amide bonds. The second kappa shape index (κ2) is 11.1. The van der Waals surface area contributed by atoms with Gasteiger partial charge < -0.3 is 55.6 Å². The molecule has 2 saturated heterocycles. The van der Waals surface area contributed by atoms with Gasteiger partial charge in [-0.25, -0.2) is 18.9 Å². The number of nitrogens with zero attached hydrogens (tertiary/aromatic N) is 3. The number of aliphatic hydroxyl groups excluding tert-OH is 5. The van der Waals surface area contributed by atoms with Crippen LogP contribution in [0.15, 0.2) is 11.1 Å². The van der Waals surface area contributed by atoms with Gasteiger partial charge in [-0.1, -0.05) is 0 Å². The summed E-state index contributed by atoms with van der Waals surface area (Å²) < 4.78 is 48.6. The molecule has 0 aromatic carbocycles. The number of H-pyrrole nitrogens is 1. The molecule has 24 heteroatoms. The summed E-state index contributed by atoms with van der Waals surface area (Å²) >= 11 is 0. The number of hydrogen-bond acceptors (Lipinski definition) is 17. The SMILES string of the molecule is Nc1nc2c(ncn2[C@@H]2O[C@H](COP(=O)(O)OP(=O)(O)O[C@H]3[C@H](O)[C@@H](C(=O)O)OC(O)[C@H]3O)[C@@H](O)[C@H]2O)c(=O)[nH]1. The molecule has 4 rings (SSSR count). The van der Waals surface area contributed by atoms with Gasteiger partial charge >= 0.3 is 21.6 Å². The number of rotatable bonds is 9. The predicted molar refractivity (Wildman–Crippen MR) is 121 cm³/mol. The van der Waals surface area contributed by atoms with Crippen LogP contribution in [0.4, 0.5) is 5.95 Å². The lowest BCUT2D eigenvalue weighted by atomic mass is 9.99. The Morgan fingerprint density at radius 3 is 2.40 bits per heavy atom. The van der Waals surface area contributed by atoms with E-state index in [0.717, 1.165) is 10.9 Å². The van der Waals surface area contributed by atoms with Gasteiger partial charge in [-0.05, 0) is 0 Å². The van der Waals surface area contributed by atoms with Gasteiger partial charge in [-0.3, -0.25) is 23.4 Å². The first-order valence-corrected chi connectivity index (χ1v) is 13.9. The van der Waals surface area contributed by atoms with Crippen molar-refractivity contribution in [2.45, 2.75) is 55.2 Å². The molecule has 2 aromatic heterocycles. The Kier molecular flexibility index (Phi) is 8.49. The first-order valence-electron chi connectivity index (χ1n) is 10.9. The molecule has 2 aliphatic rings. The van der Waals surface area contributed by atoms with E-state index in [2.05, 4.69) is 33.0 Å². The highest BCUT2D eigenvalue weighted by molar-refractivity contribution is 7.61. The number of anilines is 1. The zero-order valence-corrected chi connectivity index (χ0v) is 21.3. The fourth-order valence-electron chi connectivity index (χ4n) is 3.90. The molecular formula is C16H23N5O17P2. The van der Waals surface area contributed by atoms with Crippen molar-refractivity contribution in [2.24, 2.45) is 0 Å². The highest BCUT2D eigenvalue weighted by atomic mass is 31.3. The number of aromatic amines is 1. The monoisotopic (exact) mass is 619 g/mol. The van der Waals surface area contributed by atoms with Gasteiger partial charge in [0.15, 0.2) is 29.8 Å². The van der Waals surface area contributed by atoms with Crippen LogP contribution in [0.5, 0.6) is 0 Å². The molecule has 2 aliphatic heterocycles. The van der Waals surface area contributed by atoms with Crippen molar-refractivity contribution in [1.82, 2.24) is 19.5 Å². The minimum absolute atomic E-state index is 0.138. The van der Waals surface area contributed by atoms with Gasteiger partial charge in [0, 0.05) is 0 Å². The van der Waals surface area contributed by atoms with Crippen LogP contribution in [-0.2, 0) is 36.8 Å². The van der Waals surface area contributed by atoms with E-state index in [4.69, 9.17) is 15.6 Å². The zero-order chi connectivity index (χ0) is 29.7. The van der Waals surface area contributed by atoms with E-state index in [-0.39, 0.29) is 17.1 Å². The van der Waals surface area contributed by atoms with Crippen LogP contribution in [0.25, 0.3) is 11.2 Å². The molecule has 0 saturated carbocycles. The van der Waals surface area contributed by atoms with E-state index in [1.165, 1.54) is 0 Å². The van der Waals surface area contributed by atoms with Crippen molar-refractivity contribution in [1.29, 1.82) is 0 Å². The number of aliphatic carboxylic acids is 1. The van der Waals surface area contributed by atoms with Crippen LogP contribution in [0, 0.1) is 0 Å². The second-order valence-corrected chi connectivity index (χ2v) is 11.5. The second-order valence-electron chi connectivity index (χ2n) is 8.47. The maximum absolute atomic E-state index is 12.3. The van der Waals surface area contributed by atoms with Crippen molar-refractivity contribution < 1.29 is 77.2 Å². The molecule has 22 nitrogen and oxygen atoms in total. The fraction of sp³-hybridized carbons (Fsp3) is 0.625. The molecule has 11 N–H and O–H groups in total. The maximum Gasteiger partial charge on any atom is 0.481 e. The fourth-order valence-corrected chi connectivity index (χ4v) is 6.18. The lowest BCUT2D eigenvalue weighted by Crippen LogP contribution is -2.60. The van der Waals surface area contributed by atoms with Crippen molar-refractivity contribution in [3.63, 3.8) is 0 Å². The van der Waals surface area contributed by atoms with Crippen LogP contribution < -0.4 is 11.3 Å². The minimum atomic E-state index is -5.75. The Balaban J connectivity index is 1.41. The van der Waals surface area contributed by atoms with Gasteiger partial charge in [-0.15, -0.1) is 0 Å². The molecule has 0 bridgehead atoms. The Bertz CT molecular complexity index is 1420. The van der Waals surface area contributed by atoms with E-state index in [1.807, 2.05) is 0 Å². The van der Waals surface area contributed by atoms with Crippen molar-refractivity contribution in [3.8, 4) is 0 Å². The smallest absolute Gasteiger partial charge is 0.479 e. The molecule has 0 aliphatic carbocycles. The summed E-state index contributed by atoms with van der Waals surface area (Å²) in [4.78, 5) is 52.8. The van der Waals surface area contributed by atoms with Gasteiger partial charge in [-0.2, -0.15) is 9.29 Å². The quantitative estimate of drug-likeness (QED) is 0.118. The van der Waals surface area contributed by atoms with Crippen molar-refractivity contribution >= 4 is 38.7 Å². The Labute approximate surface area is 220 Å². The molecule has 3 unspecified atom stereocenters. The molecule has 4 heterocycles. The molecule has 0 spiro atoms. The molecule has 224 valence electrons. The number of fused-ring (bicyclic) bond motifs is 1. The molecule has 2 aromatic rings. The number of carboxylic acids is 1. The van der Waals surface area contributed by atoms with E-state index >= 15 is 0 Å². The van der Waals surface area contributed by atoms with E-state index in [9.17, 15) is 54.0 Å². The average Bonchev–Trinajstić information content (AvgIpc) is 3.38. The number of ether oxygens (including phenoxy) is 2. The summed E-state index contributed by atoms with van der Waals surface area (Å²) in [5, 5.41) is 59.2. The van der Waals surface area contributed by atoms with Crippen LogP contribution in [0.2, 0.25) is 0 Å². The lowest BCUT2D eigenvalue weighted by molar-refractivity contribution is -0.276. The third-order valence-corrected chi connectivity index (χ3v) is 8.37. The highest BCUT2D eigenvalue weighted by Crippen LogP contribution is 2.61. The predicted octanol–water partition coefficient (Wildman–Crippen LogP) is -4.54. The first kappa shape index (κ1) is 30.6. The molecule has 0 radical (unpaired) electrons. The largest absolute Gasteiger partial charge is 0.481 e. The standard InChI is InChI=1S/C16H23N5O17P2/c17-16-19-11-4(12(26)20-16)18-2-21(11)13-6(23)5(22)3(35-13)1-34-39(30,31)38-40(32,33)37-9-7(24)10(14(27)28)36-15(29)8(9)25/h2-3,5-10,13,15,22-25,29H,1H2,(H,27,28)(H,30,31)(H,32,33)(H3,17,19,20,26)/t3-,5-,6-,7+,8+,9+,10+,13-,15?/m1/s1. The minimum Gasteiger partial charge on any atom is -0.479 e. The Morgan fingerprint density at radius 2 is 1.75 bits per heavy atom. The highest BCUT2D eigenvalue weighted by Gasteiger charge is 2.52. The lowest BCUT2D eigenvalue weighted by Gasteiger charge is -2.38. The number of aliphatic hydroxyl groups is 5. The maximum atomic E-state index is 12.3. The topological polar surface area (TPSA) is 349 Å². The number of carboxylic acid groups (broad SMARTS) is 1. The number of carbonyl (C=O) groups is 1. The molecule has 40 heavy (non-hydrogen) atoms. The number of phosphoric acid groups is 2. The summed E-state index contributed by atoms with van der Waals surface area (Å²) in [6.07, 6.45) is -17.0. The Morgan fingerprint density at radius 1 is 1.07 bits per heavy atom. The van der Waals surface area contributed by atoms with Gasteiger partial charge in [0.1, 0.15) is 36.6 Å². The average molecular weight is 619 g/mol. The van der Waals surface area contributed by atoms with E-state index in [1.54, 1.807) is 0 Å². The summed E-state index contributed by atoms with van der Waals surface area (Å²) in [6, 6.07) is 0. The van der Waals surface area contributed by atoms with Crippen LogP contribution in [-0.4, -0.2) is 122 Å². The first-order chi connectivity index (χ1) is 18.5.